The molecule has 1 aromatic heterocycles. The lowest BCUT2D eigenvalue weighted by molar-refractivity contribution is -0.132. The smallest absolute Gasteiger partial charge is 0.223 e. The summed E-state index contributed by atoms with van der Waals surface area (Å²) in [6.07, 6.45) is 4.70. The third-order valence-electron chi connectivity index (χ3n) is 7.46. The largest absolute Gasteiger partial charge is 0.343 e. The zero-order valence-corrected chi connectivity index (χ0v) is 20.6. The molecule has 1 aliphatic rings. The minimum Gasteiger partial charge on any atom is -0.343 e. The molecule has 0 radical (unpaired) electrons. The average molecular weight is 469 g/mol. The normalized spacial score (nSPS) is 15.5. The Morgan fingerprint density at radius 3 is 2.37 bits per heavy atom. The molecule has 4 heteroatoms. The summed E-state index contributed by atoms with van der Waals surface area (Å²) >= 11 is 0. The summed E-state index contributed by atoms with van der Waals surface area (Å²) in [6.45, 7) is 6.76. The number of carbonyl (C=O) groups is 1. The second-order valence-electron chi connectivity index (χ2n) is 10.1. The highest BCUT2D eigenvalue weighted by molar-refractivity contribution is 5.87. The molecule has 3 nitrogen and oxygen atoms in total. The van der Waals surface area contributed by atoms with Crippen LogP contribution in [0.5, 0.6) is 0 Å². The molecule has 1 aliphatic heterocycles. The van der Waals surface area contributed by atoms with Crippen molar-refractivity contribution in [2.24, 2.45) is 5.92 Å². The quantitative estimate of drug-likeness (QED) is 0.302. The number of piperidine rings is 1. The Hall–Kier alpha value is -3.40. The van der Waals surface area contributed by atoms with E-state index in [0.29, 0.717) is 12.3 Å². The molecule has 0 aliphatic carbocycles. The van der Waals surface area contributed by atoms with Gasteiger partial charge in [-0.2, -0.15) is 0 Å². The number of aryl methyl sites for hydroxylation is 1. The minimum absolute atomic E-state index is 0.133. The Balaban J connectivity index is 1.53. The van der Waals surface area contributed by atoms with Crippen molar-refractivity contribution in [2.75, 3.05) is 13.1 Å². The van der Waals surface area contributed by atoms with Gasteiger partial charge in [0, 0.05) is 49.1 Å². The highest BCUT2D eigenvalue weighted by Gasteiger charge is 2.27. The molecule has 1 fully saturated rings. The van der Waals surface area contributed by atoms with E-state index in [4.69, 9.17) is 0 Å². The van der Waals surface area contributed by atoms with Crippen LogP contribution in [0.15, 0.2) is 79.0 Å². The number of fused-ring (bicyclic) bond motifs is 1. The zero-order chi connectivity index (χ0) is 24.4. The van der Waals surface area contributed by atoms with Crippen LogP contribution in [-0.4, -0.2) is 28.5 Å². The first-order chi connectivity index (χ1) is 17.0. The number of halogens is 1. The van der Waals surface area contributed by atoms with Crippen molar-refractivity contribution in [3.05, 3.63) is 107 Å². The molecule has 180 valence electrons. The van der Waals surface area contributed by atoms with Crippen LogP contribution >= 0.6 is 0 Å². The highest BCUT2D eigenvalue weighted by Crippen LogP contribution is 2.36. The molecule has 35 heavy (non-hydrogen) atoms. The second kappa shape index (κ2) is 10.1. The maximum absolute atomic E-state index is 13.8. The van der Waals surface area contributed by atoms with Gasteiger partial charge in [-0.05, 0) is 60.6 Å². The maximum atomic E-state index is 13.8. The standard InChI is InChI=1S/C31H33FN2O/c1-22-7-9-24(10-8-22)20-34-21-29(27-5-3-4-6-30(27)34)28(25-11-13-26(32)14-12-25)19-31(35)33-17-15-23(2)16-18-33/h3-14,21,23,28H,15-20H2,1-2H3/t28-/m1/s1. The number of hydrogen-bond donors (Lipinski definition) is 0. The fourth-order valence-electron chi connectivity index (χ4n) is 5.24. The van der Waals surface area contributed by atoms with Crippen LogP contribution < -0.4 is 0 Å². The SMILES string of the molecule is Cc1ccc(Cn2cc([C@H](CC(=O)N3CCC(C)CC3)c3ccc(F)cc3)c3ccccc32)cc1. The second-order valence-corrected chi connectivity index (χ2v) is 10.1. The predicted molar refractivity (Wildman–Crippen MR) is 140 cm³/mol. The summed E-state index contributed by atoms with van der Waals surface area (Å²) in [5.41, 5.74) is 5.73. The third-order valence-corrected chi connectivity index (χ3v) is 7.46. The fourth-order valence-corrected chi connectivity index (χ4v) is 5.24. The van der Waals surface area contributed by atoms with Crippen LogP contribution in [0.4, 0.5) is 4.39 Å². The molecular formula is C31H33FN2O. The van der Waals surface area contributed by atoms with Gasteiger partial charge < -0.3 is 9.47 Å². The Morgan fingerprint density at radius 1 is 0.971 bits per heavy atom. The predicted octanol–water partition coefficient (Wildman–Crippen LogP) is 6.92. The third kappa shape index (κ3) is 5.17. The lowest BCUT2D eigenvalue weighted by Gasteiger charge is -2.31. The van der Waals surface area contributed by atoms with Crippen LogP contribution in [0.2, 0.25) is 0 Å². The number of para-hydroxylation sites is 1. The molecule has 0 N–H and O–H groups in total. The van der Waals surface area contributed by atoms with Gasteiger partial charge in [0.15, 0.2) is 0 Å². The first-order valence-electron chi connectivity index (χ1n) is 12.6. The molecule has 0 saturated carbocycles. The molecule has 1 atom stereocenters. The Kier molecular flexibility index (Phi) is 6.72. The summed E-state index contributed by atoms with van der Waals surface area (Å²) in [5, 5.41) is 1.15. The molecule has 2 heterocycles. The van der Waals surface area contributed by atoms with E-state index in [0.717, 1.165) is 54.5 Å². The first-order valence-corrected chi connectivity index (χ1v) is 12.6. The summed E-state index contributed by atoms with van der Waals surface area (Å²) in [7, 11) is 0. The number of aromatic nitrogens is 1. The number of likely N-dealkylation sites (tertiary alicyclic amines) is 1. The minimum atomic E-state index is -0.259. The lowest BCUT2D eigenvalue weighted by Crippen LogP contribution is -2.38. The fraction of sp³-hybridized carbons (Fsp3) is 0.323. The van der Waals surface area contributed by atoms with E-state index in [1.54, 1.807) is 0 Å². The molecule has 0 unspecified atom stereocenters. The van der Waals surface area contributed by atoms with Crippen LogP contribution in [0, 0.1) is 18.7 Å². The van der Waals surface area contributed by atoms with Gasteiger partial charge in [-0.3, -0.25) is 4.79 Å². The summed E-state index contributed by atoms with van der Waals surface area (Å²) in [4.78, 5) is 15.5. The maximum Gasteiger partial charge on any atom is 0.223 e. The Morgan fingerprint density at radius 2 is 1.66 bits per heavy atom. The Bertz CT molecular complexity index is 1300. The van der Waals surface area contributed by atoms with Crippen molar-refractivity contribution in [1.82, 2.24) is 9.47 Å². The molecule has 4 aromatic rings. The van der Waals surface area contributed by atoms with Gasteiger partial charge in [0.2, 0.25) is 5.91 Å². The van der Waals surface area contributed by atoms with Crippen molar-refractivity contribution in [3.8, 4) is 0 Å². The number of carbonyl (C=O) groups excluding carboxylic acids is 1. The van der Waals surface area contributed by atoms with E-state index < -0.39 is 0 Å². The van der Waals surface area contributed by atoms with E-state index in [1.807, 2.05) is 17.0 Å². The molecular weight excluding hydrogens is 435 g/mol. The van der Waals surface area contributed by atoms with Crippen molar-refractivity contribution in [2.45, 2.75) is 45.6 Å². The summed E-state index contributed by atoms with van der Waals surface area (Å²) in [6, 6.07) is 23.7. The first kappa shape index (κ1) is 23.3. The van der Waals surface area contributed by atoms with Crippen LogP contribution in [0.3, 0.4) is 0 Å². The van der Waals surface area contributed by atoms with Gasteiger partial charge in [-0.15, -0.1) is 0 Å². The van der Waals surface area contributed by atoms with Gasteiger partial charge in [0.05, 0.1) is 0 Å². The van der Waals surface area contributed by atoms with Gasteiger partial charge in [0.1, 0.15) is 5.82 Å². The van der Waals surface area contributed by atoms with Crippen LogP contribution in [0.1, 0.15) is 54.4 Å². The lowest BCUT2D eigenvalue weighted by atomic mass is 9.87. The van der Waals surface area contributed by atoms with Gasteiger partial charge >= 0.3 is 0 Å². The molecule has 1 saturated heterocycles. The van der Waals surface area contributed by atoms with E-state index in [-0.39, 0.29) is 17.6 Å². The summed E-state index contributed by atoms with van der Waals surface area (Å²) < 4.78 is 16.1. The van der Waals surface area contributed by atoms with E-state index >= 15 is 0 Å². The molecule has 3 aromatic carbocycles. The van der Waals surface area contributed by atoms with Gasteiger partial charge in [0.25, 0.3) is 0 Å². The van der Waals surface area contributed by atoms with Gasteiger partial charge in [-0.25, -0.2) is 4.39 Å². The average Bonchev–Trinajstić information content (AvgIpc) is 3.23. The number of benzene rings is 3. The number of rotatable bonds is 6. The molecule has 5 rings (SSSR count). The summed E-state index contributed by atoms with van der Waals surface area (Å²) in [5.74, 6) is 0.463. The zero-order valence-electron chi connectivity index (χ0n) is 20.6. The van der Waals surface area contributed by atoms with E-state index in [9.17, 15) is 9.18 Å². The van der Waals surface area contributed by atoms with E-state index in [1.165, 1.54) is 23.3 Å². The van der Waals surface area contributed by atoms with Crippen molar-refractivity contribution >= 4 is 16.8 Å². The molecule has 0 bridgehead atoms. The Labute approximate surface area is 207 Å². The molecule has 1 amide bonds. The van der Waals surface area contributed by atoms with Crippen molar-refractivity contribution < 1.29 is 9.18 Å². The highest BCUT2D eigenvalue weighted by atomic mass is 19.1. The number of amides is 1. The monoisotopic (exact) mass is 468 g/mol. The van der Waals surface area contributed by atoms with Gasteiger partial charge in [-0.1, -0.05) is 67.1 Å². The van der Waals surface area contributed by atoms with Crippen LogP contribution in [-0.2, 0) is 11.3 Å². The topological polar surface area (TPSA) is 25.2 Å². The van der Waals surface area contributed by atoms with Crippen molar-refractivity contribution in [3.63, 3.8) is 0 Å². The van der Waals surface area contributed by atoms with Crippen molar-refractivity contribution in [1.29, 1.82) is 0 Å². The number of nitrogens with zero attached hydrogens (tertiary/aromatic N) is 2. The van der Waals surface area contributed by atoms with Crippen LogP contribution in [0.25, 0.3) is 10.9 Å². The molecule has 0 spiro atoms. The number of hydrogen-bond acceptors (Lipinski definition) is 1. The van der Waals surface area contributed by atoms with E-state index in [2.05, 4.69) is 73.1 Å².